The molecule has 1 aromatic carbocycles. The highest BCUT2D eigenvalue weighted by Gasteiger charge is 2.29. The van der Waals surface area contributed by atoms with Crippen LogP contribution in [0.1, 0.15) is 51.5 Å². The lowest BCUT2D eigenvalue weighted by Crippen LogP contribution is -2.51. The van der Waals surface area contributed by atoms with Gasteiger partial charge in [-0.15, -0.1) is 0 Å². The zero-order chi connectivity index (χ0) is 21.8. The number of nitrogens with zero attached hydrogens (tertiary/aromatic N) is 2. The van der Waals surface area contributed by atoms with Crippen LogP contribution in [0.5, 0.6) is 5.75 Å². The van der Waals surface area contributed by atoms with E-state index >= 15 is 0 Å². The van der Waals surface area contributed by atoms with Gasteiger partial charge in [0.05, 0.1) is 13.5 Å². The van der Waals surface area contributed by atoms with Crippen molar-refractivity contribution in [3.63, 3.8) is 0 Å². The van der Waals surface area contributed by atoms with Crippen molar-refractivity contribution >= 4 is 17.6 Å². The smallest absolute Gasteiger partial charge is 0.270 e. The number of piperazine rings is 1. The Bertz CT molecular complexity index is 955. The maximum atomic E-state index is 13.1. The average Bonchev–Trinajstić information content (AvgIpc) is 3.09. The number of carbonyl (C=O) groups excluding carboxylic acids is 3. The highest BCUT2D eigenvalue weighted by Crippen LogP contribution is 2.22. The summed E-state index contributed by atoms with van der Waals surface area (Å²) in [6, 6.07) is 7.50. The molecular weight excluding hydrogens is 382 g/mol. The van der Waals surface area contributed by atoms with Crippen molar-refractivity contribution in [1.29, 1.82) is 0 Å². The standard InChI is InChI=1S/C23H29N3O4/c1-5-19-21(16(3)27)15(2)24-22(19)23(29)26-11-9-25(10-12-26)20(28)14-17-7-6-8-18(13-17)30-4/h6-8,13,24H,5,9-12,14H2,1-4H3. The van der Waals surface area contributed by atoms with Crippen LogP contribution < -0.4 is 4.74 Å². The first-order chi connectivity index (χ1) is 14.3. The Morgan fingerprint density at radius 2 is 1.77 bits per heavy atom. The van der Waals surface area contributed by atoms with E-state index in [1.165, 1.54) is 6.92 Å². The predicted molar refractivity (Wildman–Crippen MR) is 114 cm³/mol. The number of benzene rings is 1. The van der Waals surface area contributed by atoms with E-state index in [2.05, 4.69) is 4.98 Å². The second-order valence-electron chi connectivity index (χ2n) is 7.59. The van der Waals surface area contributed by atoms with Crippen molar-refractivity contribution in [2.45, 2.75) is 33.6 Å². The third-order valence-corrected chi connectivity index (χ3v) is 5.62. The predicted octanol–water partition coefficient (Wildman–Crippen LogP) is 2.62. The number of rotatable bonds is 6. The number of ether oxygens (including phenoxy) is 1. The molecule has 1 aliphatic heterocycles. The summed E-state index contributed by atoms with van der Waals surface area (Å²) in [4.78, 5) is 44.4. The van der Waals surface area contributed by atoms with Gasteiger partial charge in [0.1, 0.15) is 11.4 Å². The molecule has 3 rings (SSSR count). The number of nitrogens with one attached hydrogen (secondary N) is 1. The molecule has 2 aromatic rings. The van der Waals surface area contributed by atoms with Crippen molar-refractivity contribution in [3.05, 3.63) is 52.3 Å². The molecule has 0 spiro atoms. The van der Waals surface area contributed by atoms with Gasteiger partial charge in [-0.25, -0.2) is 0 Å². The molecule has 1 N–H and O–H groups in total. The third kappa shape index (κ3) is 4.40. The van der Waals surface area contributed by atoms with Gasteiger partial charge in [-0.3, -0.25) is 14.4 Å². The van der Waals surface area contributed by atoms with Gasteiger partial charge >= 0.3 is 0 Å². The van der Waals surface area contributed by atoms with E-state index in [0.717, 1.165) is 22.6 Å². The normalized spacial score (nSPS) is 14.0. The van der Waals surface area contributed by atoms with E-state index in [9.17, 15) is 14.4 Å². The minimum absolute atomic E-state index is 0.0346. The molecule has 1 aliphatic rings. The van der Waals surface area contributed by atoms with Crippen LogP contribution in [-0.2, 0) is 17.6 Å². The highest BCUT2D eigenvalue weighted by atomic mass is 16.5. The minimum atomic E-state index is -0.109. The van der Waals surface area contributed by atoms with Gasteiger partial charge < -0.3 is 19.5 Å². The molecule has 0 aliphatic carbocycles. The Balaban J connectivity index is 1.64. The molecule has 160 valence electrons. The maximum absolute atomic E-state index is 13.1. The molecule has 1 aromatic heterocycles. The van der Waals surface area contributed by atoms with Crippen LogP contribution in [0.4, 0.5) is 0 Å². The number of aryl methyl sites for hydroxylation is 1. The zero-order valence-electron chi connectivity index (χ0n) is 18.1. The van der Waals surface area contributed by atoms with E-state index < -0.39 is 0 Å². The largest absolute Gasteiger partial charge is 0.497 e. The Morgan fingerprint density at radius 3 is 2.37 bits per heavy atom. The van der Waals surface area contributed by atoms with E-state index in [-0.39, 0.29) is 17.6 Å². The molecule has 0 unspecified atom stereocenters. The van der Waals surface area contributed by atoms with Gasteiger partial charge in [-0.05, 0) is 43.5 Å². The van der Waals surface area contributed by atoms with Crippen LogP contribution in [0.15, 0.2) is 24.3 Å². The first kappa shape index (κ1) is 21.6. The fourth-order valence-corrected chi connectivity index (χ4v) is 4.08. The van der Waals surface area contributed by atoms with E-state index in [1.807, 2.05) is 38.1 Å². The summed E-state index contributed by atoms with van der Waals surface area (Å²) in [6.45, 7) is 7.22. The molecule has 7 heteroatoms. The topological polar surface area (TPSA) is 82.7 Å². The summed E-state index contributed by atoms with van der Waals surface area (Å²) in [5, 5.41) is 0. The number of amides is 2. The number of aromatic nitrogens is 1. The number of H-pyrrole nitrogens is 1. The van der Waals surface area contributed by atoms with Crippen LogP contribution in [0, 0.1) is 6.92 Å². The second-order valence-corrected chi connectivity index (χ2v) is 7.59. The minimum Gasteiger partial charge on any atom is -0.497 e. The number of methoxy groups -OCH3 is 1. The van der Waals surface area contributed by atoms with Gasteiger partial charge in [0, 0.05) is 37.4 Å². The Morgan fingerprint density at radius 1 is 1.10 bits per heavy atom. The van der Waals surface area contributed by atoms with Crippen molar-refractivity contribution in [2.24, 2.45) is 0 Å². The van der Waals surface area contributed by atoms with Gasteiger partial charge in [0.15, 0.2) is 5.78 Å². The fourth-order valence-electron chi connectivity index (χ4n) is 4.08. The summed E-state index contributed by atoms with van der Waals surface area (Å²) in [5.41, 5.74) is 3.53. The van der Waals surface area contributed by atoms with E-state index in [4.69, 9.17) is 4.74 Å². The summed E-state index contributed by atoms with van der Waals surface area (Å²) >= 11 is 0. The van der Waals surface area contributed by atoms with Crippen molar-refractivity contribution in [3.8, 4) is 5.75 Å². The molecule has 30 heavy (non-hydrogen) atoms. The number of Topliss-reactive ketones (excluding diaryl/α,β-unsaturated/α-hetero) is 1. The summed E-state index contributed by atoms with van der Waals surface area (Å²) in [7, 11) is 1.60. The number of hydrogen-bond acceptors (Lipinski definition) is 4. The van der Waals surface area contributed by atoms with Gasteiger partial charge in [-0.2, -0.15) is 0 Å². The van der Waals surface area contributed by atoms with Crippen LogP contribution in [0.2, 0.25) is 0 Å². The maximum Gasteiger partial charge on any atom is 0.270 e. The molecule has 2 heterocycles. The van der Waals surface area contributed by atoms with Crippen LogP contribution in [-0.4, -0.2) is 65.7 Å². The number of ketones is 1. The first-order valence-electron chi connectivity index (χ1n) is 10.3. The van der Waals surface area contributed by atoms with Crippen molar-refractivity contribution in [1.82, 2.24) is 14.8 Å². The zero-order valence-corrected chi connectivity index (χ0v) is 18.1. The summed E-state index contributed by atoms with van der Waals surface area (Å²) in [5.74, 6) is 0.628. The first-order valence-corrected chi connectivity index (χ1v) is 10.3. The van der Waals surface area contributed by atoms with Crippen LogP contribution >= 0.6 is 0 Å². The lowest BCUT2D eigenvalue weighted by molar-refractivity contribution is -0.131. The lowest BCUT2D eigenvalue weighted by atomic mass is 10.0. The SMILES string of the molecule is CCc1c(C(=O)N2CCN(C(=O)Cc3cccc(OC)c3)CC2)[nH]c(C)c1C(C)=O. The van der Waals surface area contributed by atoms with Crippen LogP contribution in [0.25, 0.3) is 0 Å². The van der Waals surface area contributed by atoms with Crippen molar-refractivity contribution in [2.75, 3.05) is 33.3 Å². The van der Waals surface area contributed by atoms with Crippen LogP contribution in [0.3, 0.4) is 0 Å². The lowest BCUT2D eigenvalue weighted by Gasteiger charge is -2.35. The third-order valence-electron chi connectivity index (χ3n) is 5.62. The van der Waals surface area contributed by atoms with Gasteiger partial charge in [-0.1, -0.05) is 19.1 Å². The van der Waals surface area contributed by atoms with Crippen molar-refractivity contribution < 1.29 is 19.1 Å². The monoisotopic (exact) mass is 411 g/mol. The summed E-state index contributed by atoms with van der Waals surface area (Å²) < 4.78 is 5.21. The fraction of sp³-hybridized carbons (Fsp3) is 0.435. The van der Waals surface area contributed by atoms with Gasteiger partial charge in [0.2, 0.25) is 5.91 Å². The van der Waals surface area contributed by atoms with Gasteiger partial charge in [0.25, 0.3) is 5.91 Å². The molecule has 0 bridgehead atoms. The Hall–Kier alpha value is -3.09. The van der Waals surface area contributed by atoms with E-state index in [1.54, 1.807) is 16.9 Å². The highest BCUT2D eigenvalue weighted by molar-refractivity contribution is 6.02. The molecule has 0 atom stereocenters. The average molecular weight is 412 g/mol. The quantitative estimate of drug-likeness (QED) is 0.741. The molecule has 1 fully saturated rings. The summed E-state index contributed by atoms with van der Waals surface area (Å²) in [6.07, 6.45) is 0.919. The number of hydrogen-bond donors (Lipinski definition) is 1. The molecule has 7 nitrogen and oxygen atoms in total. The molecular formula is C23H29N3O4. The molecule has 1 saturated heterocycles. The molecule has 2 amide bonds. The number of carbonyl (C=O) groups is 3. The van der Waals surface area contributed by atoms with E-state index in [0.29, 0.717) is 50.3 Å². The molecule has 0 saturated carbocycles. The Kier molecular flexibility index (Phi) is 6.59. The second kappa shape index (κ2) is 9.15. The molecule has 0 radical (unpaired) electrons. The number of aromatic amines is 1. The Labute approximate surface area is 177 Å².